The van der Waals surface area contributed by atoms with Gasteiger partial charge in [-0.25, -0.2) is 0 Å². The van der Waals surface area contributed by atoms with Crippen molar-refractivity contribution in [2.24, 2.45) is 17.8 Å². The fourth-order valence-corrected chi connectivity index (χ4v) is 5.25. The molecule has 0 radical (unpaired) electrons. The minimum absolute atomic E-state index is 0.375. The molecule has 4 rings (SSSR count). The molecule has 4 aliphatic rings. The van der Waals surface area contributed by atoms with Crippen molar-refractivity contribution < 1.29 is 0 Å². The molecule has 0 saturated heterocycles. The first-order valence-corrected chi connectivity index (χ1v) is 7.66. The summed E-state index contributed by atoms with van der Waals surface area (Å²) in [6.45, 7) is 4.52. The van der Waals surface area contributed by atoms with E-state index in [0.717, 1.165) is 29.4 Å². The maximum absolute atomic E-state index is 5.54. The van der Waals surface area contributed by atoms with Crippen molar-refractivity contribution in [3.8, 4) is 0 Å². The van der Waals surface area contributed by atoms with Gasteiger partial charge in [-0.2, -0.15) is 0 Å². The molecule has 0 unspecified atom stereocenters. The lowest BCUT2D eigenvalue weighted by Crippen LogP contribution is -2.61. The van der Waals surface area contributed by atoms with Gasteiger partial charge in [0, 0.05) is 19.1 Å². The van der Waals surface area contributed by atoms with E-state index in [4.69, 9.17) is 12.2 Å². The number of nitrogens with one attached hydrogen (secondary N) is 1. The summed E-state index contributed by atoms with van der Waals surface area (Å²) in [5, 5.41) is 4.21. The standard InChI is InChI=1S/C15H24N2S/c1-3-4-16-14(18)17(2)15-8-11-5-12(9-15)7-13(6-11)10-15/h3,11-13H,1,4-10H2,2H3,(H,16,18). The molecule has 4 fully saturated rings. The van der Waals surface area contributed by atoms with Gasteiger partial charge < -0.3 is 10.2 Å². The van der Waals surface area contributed by atoms with E-state index in [1.165, 1.54) is 38.5 Å². The maximum Gasteiger partial charge on any atom is 0.169 e. The Morgan fingerprint density at radius 3 is 2.22 bits per heavy atom. The lowest BCUT2D eigenvalue weighted by Gasteiger charge is -2.60. The third kappa shape index (κ3) is 1.97. The SMILES string of the molecule is C=CCNC(=S)N(C)C12CC3CC(CC(C3)C1)C2. The van der Waals surface area contributed by atoms with E-state index >= 15 is 0 Å². The van der Waals surface area contributed by atoms with Gasteiger partial charge >= 0.3 is 0 Å². The summed E-state index contributed by atoms with van der Waals surface area (Å²) in [5.74, 6) is 2.92. The topological polar surface area (TPSA) is 15.3 Å². The Kier molecular flexibility index (Phi) is 3.13. The summed E-state index contributed by atoms with van der Waals surface area (Å²) in [4.78, 5) is 2.39. The van der Waals surface area contributed by atoms with Crippen LogP contribution in [0.4, 0.5) is 0 Å². The molecule has 4 aliphatic carbocycles. The van der Waals surface area contributed by atoms with E-state index in [1.807, 2.05) is 6.08 Å². The molecule has 0 atom stereocenters. The molecular weight excluding hydrogens is 240 g/mol. The maximum atomic E-state index is 5.54. The van der Waals surface area contributed by atoms with Gasteiger partial charge in [0.1, 0.15) is 0 Å². The van der Waals surface area contributed by atoms with Crippen LogP contribution in [-0.4, -0.2) is 29.1 Å². The number of hydrogen-bond donors (Lipinski definition) is 1. The Morgan fingerprint density at radius 2 is 1.78 bits per heavy atom. The zero-order valence-electron chi connectivity index (χ0n) is 11.3. The molecule has 4 saturated carbocycles. The van der Waals surface area contributed by atoms with Crippen molar-refractivity contribution in [1.82, 2.24) is 10.2 Å². The summed E-state index contributed by atoms with van der Waals surface area (Å²) >= 11 is 5.54. The van der Waals surface area contributed by atoms with Crippen molar-refractivity contribution in [2.75, 3.05) is 13.6 Å². The quantitative estimate of drug-likeness (QED) is 0.623. The van der Waals surface area contributed by atoms with E-state index in [1.54, 1.807) is 0 Å². The molecule has 0 aromatic rings. The predicted octanol–water partition coefficient (Wildman–Crippen LogP) is 2.95. The first-order valence-electron chi connectivity index (χ1n) is 7.25. The first-order chi connectivity index (χ1) is 8.63. The molecular formula is C15H24N2S. The highest BCUT2D eigenvalue weighted by molar-refractivity contribution is 7.80. The highest BCUT2D eigenvalue weighted by Crippen LogP contribution is 2.57. The molecule has 0 aliphatic heterocycles. The molecule has 4 bridgehead atoms. The normalized spacial score (nSPS) is 40.6. The van der Waals surface area contributed by atoms with E-state index in [-0.39, 0.29) is 0 Å². The zero-order chi connectivity index (χ0) is 12.8. The minimum Gasteiger partial charge on any atom is -0.359 e. The number of nitrogens with zero attached hydrogens (tertiary/aromatic N) is 1. The molecule has 0 amide bonds. The Morgan fingerprint density at radius 1 is 1.28 bits per heavy atom. The molecule has 18 heavy (non-hydrogen) atoms. The van der Waals surface area contributed by atoms with Crippen molar-refractivity contribution in [1.29, 1.82) is 0 Å². The van der Waals surface area contributed by atoms with Crippen molar-refractivity contribution in [3.05, 3.63) is 12.7 Å². The second-order valence-electron chi connectivity index (χ2n) is 6.68. The van der Waals surface area contributed by atoms with Gasteiger partial charge in [0.05, 0.1) is 0 Å². The largest absolute Gasteiger partial charge is 0.359 e. The Balaban J connectivity index is 1.74. The number of hydrogen-bond acceptors (Lipinski definition) is 1. The van der Waals surface area contributed by atoms with E-state index < -0.39 is 0 Å². The molecule has 3 heteroatoms. The lowest BCUT2D eigenvalue weighted by molar-refractivity contribution is -0.0547. The van der Waals surface area contributed by atoms with Crippen molar-refractivity contribution >= 4 is 17.3 Å². The zero-order valence-corrected chi connectivity index (χ0v) is 12.1. The van der Waals surface area contributed by atoms with Crippen LogP contribution in [0.3, 0.4) is 0 Å². The average Bonchev–Trinajstić information content (AvgIpc) is 2.33. The van der Waals surface area contributed by atoms with Gasteiger partial charge in [0.25, 0.3) is 0 Å². The van der Waals surface area contributed by atoms with E-state index in [2.05, 4.69) is 23.8 Å². The summed E-state index contributed by atoms with van der Waals surface area (Å²) in [6.07, 6.45) is 10.4. The van der Waals surface area contributed by atoms with Crippen LogP contribution in [0.5, 0.6) is 0 Å². The van der Waals surface area contributed by atoms with Crippen LogP contribution < -0.4 is 5.32 Å². The highest BCUT2D eigenvalue weighted by Gasteiger charge is 2.53. The monoisotopic (exact) mass is 264 g/mol. The molecule has 0 aromatic carbocycles. The van der Waals surface area contributed by atoms with Gasteiger partial charge in [-0.05, 0) is 68.5 Å². The third-order valence-electron chi connectivity index (χ3n) is 5.42. The Hall–Kier alpha value is -0.570. The van der Waals surface area contributed by atoms with E-state index in [0.29, 0.717) is 5.54 Å². The van der Waals surface area contributed by atoms with E-state index in [9.17, 15) is 0 Å². The summed E-state index contributed by atoms with van der Waals surface area (Å²) in [6, 6.07) is 0. The molecule has 0 aromatic heterocycles. The Labute approximate surface area is 116 Å². The molecule has 2 nitrogen and oxygen atoms in total. The number of thiocarbonyl (C=S) groups is 1. The summed E-state index contributed by atoms with van der Waals surface area (Å²) in [5.41, 5.74) is 0.375. The number of rotatable bonds is 3. The van der Waals surface area contributed by atoms with Crippen LogP contribution >= 0.6 is 12.2 Å². The summed E-state index contributed by atoms with van der Waals surface area (Å²) < 4.78 is 0. The molecule has 100 valence electrons. The van der Waals surface area contributed by atoms with Crippen LogP contribution in [0.2, 0.25) is 0 Å². The lowest BCUT2D eigenvalue weighted by atomic mass is 9.52. The smallest absolute Gasteiger partial charge is 0.169 e. The fraction of sp³-hybridized carbons (Fsp3) is 0.800. The van der Waals surface area contributed by atoms with Crippen LogP contribution in [0, 0.1) is 17.8 Å². The van der Waals surface area contributed by atoms with Gasteiger partial charge in [-0.1, -0.05) is 6.08 Å². The van der Waals surface area contributed by atoms with Crippen molar-refractivity contribution in [3.63, 3.8) is 0 Å². The molecule has 0 spiro atoms. The van der Waals surface area contributed by atoms with Crippen LogP contribution in [0.1, 0.15) is 38.5 Å². The highest BCUT2D eigenvalue weighted by atomic mass is 32.1. The second kappa shape index (κ2) is 4.52. The third-order valence-corrected chi connectivity index (χ3v) is 5.84. The summed E-state index contributed by atoms with van der Waals surface area (Å²) in [7, 11) is 2.20. The van der Waals surface area contributed by atoms with Gasteiger partial charge in [0.2, 0.25) is 0 Å². The Bertz CT molecular complexity index is 328. The average molecular weight is 264 g/mol. The van der Waals surface area contributed by atoms with Gasteiger partial charge in [-0.15, -0.1) is 6.58 Å². The van der Waals surface area contributed by atoms with Gasteiger partial charge in [0.15, 0.2) is 5.11 Å². The predicted molar refractivity (Wildman–Crippen MR) is 79.5 cm³/mol. The van der Waals surface area contributed by atoms with Crippen molar-refractivity contribution in [2.45, 2.75) is 44.1 Å². The second-order valence-corrected chi connectivity index (χ2v) is 7.06. The minimum atomic E-state index is 0.375. The first kappa shape index (κ1) is 12.5. The molecule has 1 N–H and O–H groups in total. The van der Waals surface area contributed by atoms with Crippen LogP contribution in [0.25, 0.3) is 0 Å². The van der Waals surface area contributed by atoms with Crippen LogP contribution in [-0.2, 0) is 0 Å². The fourth-order valence-electron chi connectivity index (χ4n) is 4.97. The van der Waals surface area contributed by atoms with Gasteiger partial charge in [-0.3, -0.25) is 0 Å². The molecule has 0 heterocycles. The van der Waals surface area contributed by atoms with Crippen LogP contribution in [0.15, 0.2) is 12.7 Å².